The van der Waals surface area contributed by atoms with E-state index in [4.69, 9.17) is 0 Å². The number of aromatic carboxylic acids is 2. The largest absolute Gasteiger partial charge is 2.00 e. The Morgan fingerprint density at radius 2 is 1.05 bits per heavy atom. The van der Waals surface area contributed by atoms with E-state index in [0.717, 1.165) is 21.6 Å². The van der Waals surface area contributed by atoms with E-state index in [1.807, 2.05) is 0 Å². The van der Waals surface area contributed by atoms with Crippen molar-refractivity contribution in [1.29, 1.82) is 0 Å². The van der Waals surface area contributed by atoms with Gasteiger partial charge in [0.25, 0.3) is 0 Å². The van der Waals surface area contributed by atoms with E-state index in [2.05, 4.69) is 0 Å². The molecule has 21 heavy (non-hydrogen) atoms. The van der Waals surface area contributed by atoms with E-state index in [9.17, 15) is 19.8 Å². The van der Waals surface area contributed by atoms with E-state index in [0.29, 0.717) is 9.79 Å². The molecule has 0 atom stereocenters. The van der Waals surface area contributed by atoms with Crippen molar-refractivity contribution in [3.05, 3.63) is 59.7 Å². The zero-order chi connectivity index (χ0) is 14.5. The minimum absolute atomic E-state index is 0. The van der Waals surface area contributed by atoms with Crippen molar-refractivity contribution in [3.63, 3.8) is 0 Å². The third-order valence-electron chi connectivity index (χ3n) is 2.44. The predicted octanol–water partition coefficient (Wildman–Crippen LogP) is 1.21. The SMILES string of the molecule is O=C([O-])c1ccccc1SSc1ccccc1C(=O)[O-].[Ni+2]. The van der Waals surface area contributed by atoms with Crippen LogP contribution in [0.25, 0.3) is 0 Å². The molecule has 4 nitrogen and oxygen atoms in total. The van der Waals surface area contributed by atoms with Gasteiger partial charge in [0.1, 0.15) is 0 Å². The smallest absolute Gasteiger partial charge is 0.545 e. The van der Waals surface area contributed by atoms with Gasteiger partial charge in [0, 0.05) is 20.9 Å². The molecule has 0 amide bonds. The molecule has 2 aromatic carbocycles. The van der Waals surface area contributed by atoms with Crippen LogP contribution in [0.3, 0.4) is 0 Å². The fraction of sp³-hybridized carbons (Fsp3) is 0. The zero-order valence-corrected chi connectivity index (χ0v) is 13.0. The first kappa shape index (κ1) is 17.6. The van der Waals surface area contributed by atoms with Crippen molar-refractivity contribution in [2.75, 3.05) is 0 Å². The van der Waals surface area contributed by atoms with Crippen molar-refractivity contribution >= 4 is 33.5 Å². The van der Waals surface area contributed by atoms with E-state index < -0.39 is 11.9 Å². The van der Waals surface area contributed by atoms with Gasteiger partial charge in [0.15, 0.2) is 0 Å². The van der Waals surface area contributed by atoms with Gasteiger partial charge in [-0.2, -0.15) is 0 Å². The van der Waals surface area contributed by atoms with Crippen molar-refractivity contribution in [2.24, 2.45) is 0 Å². The van der Waals surface area contributed by atoms with Crippen LogP contribution in [-0.2, 0) is 16.5 Å². The summed E-state index contributed by atoms with van der Waals surface area (Å²) in [6.45, 7) is 0. The molecule has 0 aromatic heterocycles. The molecule has 0 spiro atoms. The third-order valence-corrected chi connectivity index (χ3v) is 4.92. The first-order valence-electron chi connectivity index (χ1n) is 5.55. The number of benzene rings is 2. The Morgan fingerprint density at radius 1 is 0.714 bits per heavy atom. The van der Waals surface area contributed by atoms with Gasteiger partial charge in [-0.15, -0.1) is 0 Å². The maximum atomic E-state index is 11.0. The second kappa shape index (κ2) is 8.12. The Morgan fingerprint density at radius 3 is 1.38 bits per heavy atom. The van der Waals surface area contributed by atoms with Gasteiger partial charge in [0.2, 0.25) is 0 Å². The maximum Gasteiger partial charge on any atom is 2.00 e. The van der Waals surface area contributed by atoms with Gasteiger partial charge in [-0.25, -0.2) is 0 Å². The first-order chi connectivity index (χ1) is 9.59. The fourth-order valence-electron chi connectivity index (χ4n) is 1.51. The minimum atomic E-state index is -1.26. The van der Waals surface area contributed by atoms with Crippen LogP contribution in [0.5, 0.6) is 0 Å². The molecule has 7 heteroatoms. The Hall–Kier alpha value is -1.43. The van der Waals surface area contributed by atoms with Crippen LogP contribution >= 0.6 is 21.6 Å². The molecule has 0 N–H and O–H groups in total. The van der Waals surface area contributed by atoms with Crippen LogP contribution < -0.4 is 10.2 Å². The molecule has 0 saturated heterocycles. The molecule has 110 valence electrons. The Labute approximate surface area is 139 Å². The zero-order valence-electron chi connectivity index (χ0n) is 10.4. The summed E-state index contributed by atoms with van der Waals surface area (Å²) in [5, 5.41) is 21.9. The summed E-state index contributed by atoms with van der Waals surface area (Å²) in [7, 11) is 2.33. The van der Waals surface area contributed by atoms with Crippen molar-refractivity contribution in [2.45, 2.75) is 9.79 Å². The molecule has 0 saturated carbocycles. The predicted molar refractivity (Wildman–Crippen MR) is 73.3 cm³/mol. The third kappa shape index (κ3) is 4.53. The number of carbonyl (C=O) groups is 2. The summed E-state index contributed by atoms with van der Waals surface area (Å²) in [6, 6.07) is 12.8. The number of carboxylic acids is 2. The molecule has 0 aliphatic heterocycles. The summed E-state index contributed by atoms with van der Waals surface area (Å²) < 4.78 is 0. The molecule has 0 aliphatic carbocycles. The average molecular weight is 363 g/mol. The summed E-state index contributed by atoms with van der Waals surface area (Å²) in [6.07, 6.45) is 0. The Kier molecular flexibility index (Phi) is 6.82. The monoisotopic (exact) mass is 362 g/mol. The van der Waals surface area contributed by atoms with Crippen LogP contribution in [-0.4, -0.2) is 11.9 Å². The van der Waals surface area contributed by atoms with Gasteiger partial charge in [-0.1, -0.05) is 58.0 Å². The van der Waals surface area contributed by atoms with Gasteiger partial charge >= 0.3 is 16.5 Å². The van der Waals surface area contributed by atoms with Gasteiger partial charge in [-0.3, -0.25) is 0 Å². The molecular weight excluding hydrogens is 355 g/mol. The molecule has 0 aliphatic rings. The normalized spacial score (nSPS) is 9.71. The molecule has 2 rings (SSSR count). The maximum absolute atomic E-state index is 11.0. The van der Waals surface area contributed by atoms with Gasteiger partial charge in [0.05, 0.1) is 11.9 Å². The summed E-state index contributed by atoms with van der Waals surface area (Å²) >= 11 is 0. The van der Waals surface area contributed by atoms with Crippen LogP contribution in [0.1, 0.15) is 20.7 Å². The second-order valence-electron chi connectivity index (χ2n) is 3.73. The second-order valence-corrected chi connectivity index (χ2v) is 5.95. The van der Waals surface area contributed by atoms with Gasteiger partial charge < -0.3 is 19.8 Å². The summed E-state index contributed by atoms with van der Waals surface area (Å²) in [5.74, 6) is -2.52. The quantitative estimate of drug-likeness (QED) is 0.587. The molecule has 0 unspecified atom stereocenters. The molecule has 0 radical (unpaired) electrons. The first-order valence-corrected chi connectivity index (χ1v) is 7.70. The number of rotatable bonds is 5. The molecular formula is C14H8NiO4S2. The van der Waals surface area contributed by atoms with Crippen molar-refractivity contribution < 1.29 is 36.3 Å². The topological polar surface area (TPSA) is 80.3 Å². The summed E-state index contributed by atoms with van der Waals surface area (Å²) in [4.78, 5) is 23.0. The summed E-state index contributed by atoms with van der Waals surface area (Å²) in [5.41, 5.74) is 0.159. The van der Waals surface area contributed by atoms with Crippen LogP contribution in [0.4, 0.5) is 0 Å². The standard InChI is InChI=1S/C14H10O4S2.Ni/c15-13(16)9-5-1-3-7-11(9)19-20-12-8-4-2-6-10(12)14(17)18;/h1-8H,(H,15,16)(H,17,18);/q;+2/p-2. The number of carbonyl (C=O) groups excluding carboxylic acids is 2. The molecule has 0 fully saturated rings. The van der Waals surface area contributed by atoms with E-state index >= 15 is 0 Å². The van der Waals surface area contributed by atoms with Crippen molar-refractivity contribution in [3.8, 4) is 0 Å². The number of hydrogen-bond acceptors (Lipinski definition) is 6. The fourth-order valence-corrected chi connectivity index (χ4v) is 3.85. The van der Waals surface area contributed by atoms with Crippen LogP contribution in [0.2, 0.25) is 0 Å². The van der Waals surface area contributed by atoms with E-state index in [1.165, 1.54) is 12.1 Å². The Bertz CT molecular complexity index is 603. The Balaban J connectivity index is 0.00000220. The average Bonchev–Trinajstić information content (AvgIpc) is 2.45. The van der Waals surface area contributed by atoms with Crippen LogP contribution in [0, 0.1) is 0 Å². The number of hydrogen-bond donors (Lipinski definition) is 0. The van der Waals surface area contributed by atoms with Crippen molar-refractivity contribution in [1.82, 2.24) is 0 Å². The molecule has 0 bridgehead atoms. The van der Waals surface area contributed by atoms with Crippen LogP contribution in [0.15, 0.2) is 58.3 Å². The molecule has 2 aromatic rings. The van der Waals surface area contributed by atoms with Gasteiger partial charge in [-0.05, 0) is 12.1 Å². The van der Waals surface area contributed by atoms with E-state index in [1.54, 1.807) is 36.4 Å². The minimum Gasteiger partial charge on any atom is -0.545 e. The number of carboxylic acid groups (broad SMARTS) is 2. The molecule has 0 heterocycles. The van der Waals surface area contributed by atoms with E-state index in [-0.39, 0.29) is 27.6 Å².